The van der Waals surface area contributed by atoms with Gasteiger partial charge in [0.25, 0.3) is 11.6 Å². The first-order valence-electron chi connectivity index (χ1n) is 7.41. The molecule has 0 bridgehead atoms. The molecule has 2 aromatic carbocycles. The highest BCUT2D eigenvalue weighted by molar-refractivity contribution is 6.00. The van der Waals surface area contributed by atoms with E-state index in [1.165, 1.54) is 18.2 Å². The Hall–Kier alpha value is -2.93. The number of aryl methyl sites for hydroxylation is 1. The molecule has 0 radical (unpaired) electrons. The average Bonchev–Trinajstić information content (AvgIpc) is 2.59. The first kappa shape index (κ1) is 17.4. The second-order valence-corrected chi connectivity index (χ2v) is 5.37. The Labute approximate surface area is 139 Å². The summed E-state index contributed by atoms with van der Waals surface area (Å²) in [5, 5.41) is 26.4. The summed E-state index contributed by atoms with van der Waals surface area (Å²) in [6.07, 6.45) is -0.855. The molecular weight excluding hydrogens is 310 g/mol. The maximum atomic E-state index is 12.3. The van der Waals surface area contributed by atoms with Crippen molar-refractivity contribution in [2.45, 2.75) is 13.0 Å². The molecule has 1 unspecified atom stereocenters. The summed E-state index contributed by atoms with van der Waals surface area (Å²) < 4.78 is 0. The van der Waals surface area contributed by atoms with Gasteiger partial charge in [-0.2, -0.15) is 0 Å². The second-order valence-electron chi connectivity index (χ2n) is 5.37. The summed E-state index contributed by atoms with van der Waals surface area (Å²) >= 11 is 0. The zero-order valence-corrected chi connectivity index (χ0v) is 13.4. The van der Waals surface area contributed by atoms with Crippen LogP contribution in [0.15, 0.2) is 42.5 Å². The maximum Gasteiger partial charge on any atom is 0.270 e. The molecule has 0 aliphatic heterocycles. The number of nitro benzene ring substituents is 1. The molecule has 0 fully saturated rings. The average molecular weight is 329 g/mol. The quantitative estimate of drug-likeness (QED) is 0.557. The fourth-order valence-corrected chi connectivity index (χ4v) is 2.24. The molecule has 0 saturated carbocycles. The van der Waals surface area contributed by atoms with Crippen LogP contribution in [0.4, 0.5) is 11.4 Å². The number of hydrogen-bond acceptors (Lipinski definition) is 5. The summed E-state index contributed by atoms with van der Waals surface area (Å²) in [5.74, 6) is -0.491. The van der Waals surface area contributed by atoms with E-state index in [2.05, 4.69) is 10.6 Å². The Morgan fingerprint density at radius 2 is 1.92 bits per heavy atom. The molecule has 24 heavy (non-hydrogen) atoms. The Bertz CT molecular complexity index is 744. The van der Waals surface area contributed by atoms with Gasteiger partial charge in [0.05, 0.1) is 16.6 Å². The van der Waals surface area contributed by atoms with Crippen LogP contribution in [0.25, 0.3) is 0 Å². The zero-order chi connectivity index (χ0) is 17.7. The minimum atomic E-state index is -0.855. The number of nitrogens with one attached hydrogen (secondary N) is 2. The molecule has 0 aromatic heterocycles. The molecule has 0 heterocycles. The van der Waals surface area contributed by atoms with Crippen molar-refractivity contribution < 1.29 is 14.8 Å². The number of rotatable bonds is 6. The van der Waals surface area contributed by atoms with Gasteiger partial charge in [0.1, 0.15) is 0 Å². The number of carbonyl (C=O) groups is 1. The van der Waals surface area contributed by atoms with Gasteiger partial charge in [0.15, 0.2) is 0 Å². The Morgan fingerprint density at radius 3 is 2.50 bits per heavy atom. The largest absolute Gasteiger partial charge is 0.387 e. The lowest BCUT2D eigenvalue weighted by Crippen LogP contribution is -2.29. The van der Waals surface area contributed by atoms with E-state index in [0.717, 1.165) is 5.56 Å². The molecular formula is C17H19N3O4. The topological polar surface area (TPSA) is 105 Å². The molecule has 7 nitrogen and oxygen atoms in total. The first-order chi connectivity index (χ1) is 11.4. The highest BCUT2D eigenvalue weighted by Crippen LogP contribution is 2.22. The highest BCUT2D eigenvalue weighted by Gasteiger charge is 2.17. The molecule has 0 spiro atoms. The number of benzene rings is 2. The van der Waals surface area contributed by atoms with Crippen molar-refractivity contribution in [3.63, 3.8) is 0 Å². The van der Waals surface area contributed by atoms with E-state index in [1.807, 2.05) is 19.1 Å². The van der Waals surface area contributed by atoms with Gasteiger partial charge in [0, 0.05) is 31.4 Å². The van der Waals surface area contributed by atoms with Gasteiger partial charge in [-0.05, 0) is 18.6 Å². The zero-order valence-electron chi connectivity index (χ0n) is 13.4. The number of aliphatic hydroxyl groups excluding tert-OH is 1. The normalized spacial score (nSPS) is 11.6. The summed E-state index contributed by atoms with van der Waals surface area (Å²) in [6.45, 7) is 1.95. The highest BCUT2D eigenvalue weighted by atomic mass is 16.6. The molecule has 1 atom stereocenters. The lowest BCUT2D eigenvalue weighted by molar-refractivity contribution is -0.384. The van der Waals surface area contributed by atoms with Crippen molar-refractivity contribution in [2.24, 2.45) is 0 Å². The van der Waals surface area contributed by atoms with Crippen molar-refractivity contribution in [1.29, 1.82) is 0 Å². The van der Waals surface area contributed by atoms with E-state index < -0.39 is 16.9 Å². The van der Waals surface area contributed by atoms with Crippen molar-refractivity contribution in [2.75, 3.05) is 18.9 Å². The summed E-state index contributed by atoms with van der Waals surface area (Å²) in [4.78, 5) is 22.6. The minimum absolute atomic E-state index is 0.00768. The van der Waals surface area contributed by atoms with Gasteiger partial charge < -0.3 is 15.7 Å². The summed E-state index contributed by atoms with van der Waals surface area (Å²) in [5.41, 5.74) is 2.22. The molecule has 7 heteroatoms. The van der Waals surface area contributed by atoms with Crippen LogP contribution in [0.2, 0.25) is 0 Å². The van der Waals surface area contributed by atoms with Gasteiger partial charge in [-0.15, -0.1) is 0 Å². The molecule has 0 aliphatic rings. The first-order valence-corrected chi connectivity index (χ1v) is 7.41. The number of non-ortho nitro benzene ring substituents is 1. The van der Waals surface area contributed by atoms with Crippen LogP contribution < -0.4 is 10.6 Å². The van der Waals surface area contributed by atoms with E-state index in [4.69, 9.17) is 0 Å². The van der Waals surface area contributed by atoms with Crippen LogP contribution >= 0.6 is 0 Å². The van der Waals surface area contributed by atoms with E-state index in [9.17, 15) is 20.0 Å². The fraction of sp³-hybridized carbons (Fsp3) is 0.235. The van der Waals surface area contributed by atoms with E-state index >= 15 is 0 Å². The summed E-state index contributed by atoms with van der Waals surface area (Å²) in [7, 11) is 1.62. The molecule has 1 amide bonds. The second kappa shape index (κ2) is 7.56. The predicted octanol–water partition coefficient (Wildman–Crippen LogP) is 2.41. The molecule has 126 valence electrons. The molecule has 2 aromatic rings. The van der Waals surface area contributed by atoms with Gasteiger partial charge in [-0.25, -0.2) is 0 Å². The third-order valence-electron chi connectivity index (χ3n) is 3.65. The Kier molecular flexibility index (Phi) is 5.49. The number of nitro groups is 1. The molecule has 0 saturated heterocycles. The number of anilines is 1. The number of hydrogen-bond donors (Lipinski definition) is 3. The van der Waals surface area contributed by atoms with Gasteiger partial charge in [-0.1, -0.05) is 29.8 Å². The number of carbonyl (C=O) groups excluding carboxylic acids is 1. The van der Waals surface area contributed by atoms with Crippen LogP contribution in [0, 0.1) is 17.0 Å². The monoisotopic (exact) mass is 329 g/mol. The molecule has 0 aliphatic carbocycles. The fourth-order valence-electron chi connectivity index (χ4n) is 2.24. The minimum Gasteiger partial charge on any atom is -0.387 e. The standard InChI is InChI=1S/C17H19N3O4/c1-11-3-5-12(6-4-11)16(21)10-19-17(22)14-9-13(20(23)24)7-8-15(14)18-2/h3-9,16,18,21H,10H2,1-2H3,(H,19,22). The number of aliphatic hydroxyl groups is 1. The van der Waals surface area contributed by atoms with Gasteiger partial charge in [-0.3, -0.25) is 14.9 Å². The van der Waals surface area contributed by atoms with Crippen LogP contribution in [-0.2, 0) is 0 Å². The lowest BCUT2D eigenvalue weighted by Gasteiger charge is -2.14. The third kappa shape index (κ3) is 4.08. The molecule has 3 N–H and O–H groups in total. The smallest absolute Gasteiger partial charge is 0.270 e. The van der Waals surface area contributed by atoms with Crippen molar-refractivity contribution in [1.82, 2.24) is 5.32 Å². The van der Waals surface area contributed by atoms with E-state index in [0.29, 0.717) is 11.3 Å². The molecule has 2 rings (SSSR count). The summed E-state index contributed by atoms with van der Waals surface area (Å²) in [6, 6.07) is 11.3. The predicted molar refractivity (Wildman–Crippen MR) is 91.1 cm³/mol. The van der Waals surface area contributed by atoms with Gasteiger partial charge >= 0.3 is 0 Å². The SMILES string of the molecule is CNc1ccc([N+](=O)[O-])cc1C(=O)NCC(O)c1ccc(C)cc1. The van der Waals surface area contributed by atoms with Crippen LogP contribution in [0.5, 0.6) is 0 Å². The lowest BCUT2D eigenvalue weighted by atomic mass is 10.1. The van der Waals surface area contributed by atoms with E-state index in [1.54, 1.807) is 19.2 Å². The van der Waals surface area contributed by atoms with Crippen molar-refractivity contribution in [3.05, 3.63) is 69.3 Å². The van der Waals surface area contributed by atoms with Crippen LogP contribution in [0.1, 0.15) is 27.6 Å². The number of nitrogens with zero attached hydrogens (tertiary/aromatic N) is 1. The Balaban J connectivity index is 2.10. The maximum absolute atomic E-state index is 12.3. The van der Waals surface area contributed by atoms with Crippen LogP contribution in [-0.4, -0.2) is 29.5 Å². The third-order valence-corrected chi connectivity index (χ3v) is 3.65. The number of amides is 1. The van der Waals surface area contributed by atoms with Crippen molar-refractivity contribution in [3.8, 4) is 0 Å². The van der Waals surface area contributed by atoms with Gasteiger partial charge in [0.2, 0.25) is 0 Å². The van der Waals surface area contributed by atoms with E-state index in [-0.39, 0.29) is 17.8 Å². The Morgan fingerprint density at radius 1 is 1.25 bits per heavy atom. The van der Waals surface area contributed by atoms with Crippen LogP contribution in [0.3, 0.4) is 0 Å². The van der Waals surface area contributed by atoms with Crippen molar-refractivity contribution >= 4 is 17.3 Å².